The molecule has 0 bridgehead atoms. The number of H-pyrrole nitrogens is 1. The number of hydrogen-bond donors (Lipinski definition) is 2. The monoisotopic (exact) mass is 364 g/mol. The van der Waals surface area contributed by atoms with Gasteiger partial charge in [-0.25, -0.2) is 4.68 Å². The van der Waals surface area contributed by atoms with E-state index in [-0.39, 0.29) is 24.4 Å². The molecule has 3 aromatic rings. The van der Waals surface area contributed by atoms with Crippen LogP contribution in [0.4, 0.5) is 0 Å². The summed E-state index contributed by atoms with van der Waals surface area (Å²) in [6.07, 6.45) is 0.229. The van der Waals surface area contributed by atoms with Gasteiger partial charge in [0.2, 0.25) is 5.91 Å². The maximum atomic E-state index is 12.5. The zero-order chi connectivity index (χ0) is 19.6. The molecule has 0 aliphatic rings. The van der Waals surface area contributed by atoms with Crippen LogP contribution in [0.5, 0.6) is 0 Å². The Morgan fingerprint density at radius 3 is 2.48 bits per heavy atom. The average molecular weight is 364 g/mol. The van der Waals surface area contributed by atoms with Crippen molar-refractivity contribution in [2.24, 2.45) is 0 Å². The molecule has 0 saturated heterocycles. The summed E-state index contributed by atoms with van der Waals surface area (Å²) in [5.41, 5.74) is 5.76. The molecule has 1 aromatic carbocycles. The van der Waals surface area contributed by atoms with E-state index < -0.39 is 0 Å². The van der Waals surface area contributed by atoms with Crippen molar-refractivity contribution in [2.45, 2.75) is 40.7 Å². The molecule has 0 atom stereocenters. The molecule has 140 valence electrons. The van der Waals surface area contributed by atoms with Gasteiger partial charge in [0.05, 0.1) is 17.8 Å². The zero-order valence-electron chi connectivity index (χ0n) is 16.1. The van der Waals surface area contributed by atoms with Gasteiger partial charge in [-0.3, -0.25) is 9.59 Å². The van der Waals surface area contributed by atoms with Crippen molar-refractivity contribution in [1.29, 1.82) is 0 Å². The van der Waals surface area contributed by atoms with Gasteiger partial charge >= 0.3 is 0 Å². The zero-order valence-corrected chi connectivity index (χ0v) is 16.1. The molecule has 0 aliphatic heterocycles. The normalized spacial score (nSPS) is 10.8. The lowest BCUT2D eigenvalue weighted by molar-refractivity contribution is -0.120. The number of carbonyl (C=O) groups is 1. The quantitative estimate of drug-likeness (QED) is 0.730. The number of amides is 1. The molecule has 6 nitrogen and oxygen atoms in total. The number of benzene rings is 1. The maximum absolute atomic E-state index is 12.5. The lowest BCUT2D eigenvalue weighted by Gasteiger charge is -2.09. The van der Waals surface area contributed by atoms with Crippen LogP contribution in [0.2, 0.25) is 0 Å². The molecule has 2 aromatic heterocycles. The van der Waals surface area contributed by atoms with Gasteiger partial charge in [0.25, 0.3) is 5.56 Å². The number of nitrogens with one attached hydrogen (secondary N) is 2. The highest BCUT2D eigenvalue weighted by Crippen LogP contribution is 2.18. The van der Waals surface area contributed by atoms with Crippen LogP contribution < -0.4 is 10.9 Å². The summed E-state index contributed by atoms with van der Waals surface area (Å²) in [5, 5.41) is 7.43. The third-order valence-electron chi connectivity index (χ3n) is 4.74. The van der Waals surface area contributed by atoms with Gasteiger partial charge in [-0.15, -0.1) is 0 Å². The fourth-order valence-corrected chi connectivity index (χ4v) is 3.26. The second kappa shape index (κ2) is 7.61. The largest absolute Gasteiger partial charge is 0.352 e. The highest BCUT2D eigenvalue weighted by Gasteiger charge is 2.16. The third kappa shape index (κ3) is 4.00. The number of aryl methyl sites for hydroxylation is 3. The Morgan fingerprint density at radius 1 is 1.11 bits per heavy atom. The van der Waals surface area contributed by atoms with Crippen LogP contribution in [0.1, 0.15) is 33.8 Å². The Hall–Kier alpha value is -3.15. The van der Waals surface area contributed by atoms with Crippen molar-refractivity contribution < 1.29 is 4.79 Å². The topological polar surface area (TPSA) is 79.8 Å². The van der Waals surface area contributed by atoms with E-state index in [0.29, 0.717) is 5.56 Å². The van der Waals surface area contributed by atoms with Gasteiger partial charge in [-0.05, 0) is 51.5 Å². The second-order valence-electron chi connectivity index (χ2n) is 6.79. The standard InChI is InChI=1S/C21H24N4O2/c1-13-10-14(2)23-21(27)19(13)12-22-20(26)11-18-15(3)24-25(16(18)4)17-8-6-5-7-9-17/h5-10H,11-12H2,1-4H3,(H,22,26)(H,23,27). The summed E-state index contributed by atoms with van der Waals surface area (Å²) in [4.78, 5) is 27.3. The summed E-state index contributed by atoms with van der Waals surface area (Å²) in [6, 6.07) is 11.7. The molecular weight excluding hydrogens is 340 g/mol. The Bertz CT molecular complexity index is 1030. The molecular formula is C21H24N4O2. The maximum Gasteiger partial charge on any atom is 0.253 e. The fourth-order valence-electron chi connectivity index (χ4n) is 3.26. The molecule has 6 heteroatoms. The van der Waals surface area contributed by atoms with Crippen LogP contribution >= 0.6 is 0 Å². The molecule has 2 heterocycles. The van der Waals surface area contributed by atoms with Crippen LogP contribution in [-0.2, 0) is 17.8 Å². The summed E-state index contributed by atoms with van der Waals surface area (Å²) in [7, 11) is 0. The van der Waals surface area contributed by atoms with Gasteiger partial charge in [0.15, 0.2) is 0 Å². The number of aromatic amines is 1. The Labute approximate surface area is 158 Å². The summed E-state index contributed by atoms with van der Waals surface area (Å²) < 4.78 is 1.85. The van der Waals surface area contributed by atoms with Crippen LogP contribution in [0.25, 0.3) is 5.69 Å². The lowest BCUT2D eigenvalue weighted by atomic mass is 10.1. The van der Waals surface area contributed by atoms with Gasteiger partial charge in [-0.1, -0.05) is 18.2 Å². The molecule has 27 heavy (non-hydrogen) atoms. The van der Waals surface area contributed by atoms with Crippen LogP contribution in [0, 0.1) is 27.7 Å². The third-order valence-corrected chi connectivity index (χ3v) is 4.74. The van der Waals surface area contributed by atoms with E-state index in [4.69, 9.17) is 0 Å². The number of para-hydroxylation sites is 1. The number of aromatic nitrogens is 3. The Morgan fingerprint density at radius 2 is 1.81 bits per heavy atom. The van der Waals surface area contributed by atoms with Crippen molar-refractivity contribution >= 4 is 5.91 Å². The second-order valence-corrected chi connectivity index (χ2v) is 6.79. The minimum absolute atomic E-state index is 0.131. The molecule has 0 radical (unpaired) electrons. The predicted octanol–water partition coefficient (Wildman–Crippen LogP) is 2.65. The number of nitrogens with zero attached hydrogens (tertiary/aromatic N) is 2. The lowest BCUT2D eigenvalue weighted by Crippen LogP contribution is -2.29. The molecule has 0 fully saturated rings. The number of carbonyl (C=O) groups excluding carboxylic acids is 1. The molecule has 0 aliphatic carbocycles. The summed E-state index contributed by atoms with van der Waals surface area (Å²) in [6.45, 7) is 7.80. The molecule has 0 saturated carbocycles. The van der Waals surface area contributed by atoms with Crippen LogP contribution in [0.3, 0.4) is 0 Å². The van der Waals surface area contributed by atoms with Crippen molar-refractivity contribution in [3.8, 4) is 5.69 Å². The smallest absolute Gasteiger partial charge is 0.253 e. The van der Waals surface area contributed by atoms with E-state index in [0.717, 1.165) is 33.9 Å². The van der Waals surface area contributed by atoms with E-state index in [1.54, 1.807) is 0 Å². The first kappa shape index (κ1) is 18.6. The van der Waals surface area contributed by atoms with Crippen molar-refractivity contribution in [3.05, 3.63) is 80.5 Å². The SMILES string of the molecule is Cc1cc(C)c(CNC(=O)Cc2c(C)nn(-c3ccccc3)c2C)c(=O)[nH]1. The Kier molecular flexibility index (Phi) is 5.26. The van der Waals surface area contributed by atoms with E-state index in [1.165, 1.54) is 0 Å². The summed E-state index contributed by atoms with van der Waals surface area (Å²) >= 11 is 0. The minimum atomic E-state index is -0.156. The molecule has 2 N–H and O–H groups in total. The first-order valence-electron chi connectivity index (χ1n) is 8.93. The first-order chi connectivity index (χ1) is 12.9. The van der Waals surface area contributed by atoms with Crippen molar-refractivity contribution in [3.63, 3.8) is 0 Å². The summed E-state index contributed by atoms with van der Waals surface area (Å²) in [5.74, 6) is -0.131. The molecule has 1 amide bonds. The van der Waals surface area contributed by atoms with E-state index >= 15 is 0 Å². The molecule has 0 unspecified atom stereocenters. The highest BCUT2D eigenvalue weighted by molar-refractivity contribution is 5.79. The average Bonchev–Trinajstić information content (AvgIpc) is 2.90. The van der Waals surface area contributed by atoms with Crippen LogP contribution in [-0.4, -0.2) is 20.7 Å². The number of rotatable bonds is 5. The highest BCUT2D eigenvalue weighted by atomic mass is 16.1. The first-order valence-corrected chi connectivity index (χ1v) is 8.93. The number of pyridine rings is 1. The number of hydrogen-bond acceptors (Lipinski definition) is 3. The fraction of sp³-hybridized carbons (Fsp3) is 0.286. The molecule has 0 spiro atoms. The van der Waals surface area contributed by atoms with E-state index in [9.17, 15) is 9.59 Å². The molecule has 3 rings (SSSR count). The van der Waals surface area contributed by atoms with E-state index in [1.807, 2.05) is 68.8 Å². The predicted molar refractivity (Wildman–Crippen MR) is 105 cm³/mol. The van der Waals surface area contributed by atoms with Gasteiger partial charge in [0.1, 0.15) is 0 Å². The van der Waals surface area contributed by atoms with Gasteiger partial charge < -0.3 is 10.3 Å². The van der Waals surface area contributed by atoms with Crippen LogP contribution in [0.15, 0.2) is 41.2 Å². The van der Waals surface area contributed by atoms with Gasteiger partial charge in [-0.2, -0.15) is 5.10 Å². The minimum Gasteiger partial charge on any atom is -0.352 e. The van der Waals surface area contributed by atoms with Crippen molar-refractivity contribution in [1.82, 2.24) is 20.1 Å². The van der Waals surface area contributed by atoms with E-state index in [2.05, 4.69) is 15.4 Å². The van der Waals surface area contributed by atoms with Crippen molar-refractivity contribution in [2.75, 3.05) is 0 Å². The Balaban J connectivity index is 1.74. The van der Waals surface area contributed by atoms with Gasteiger partial charge in [0, 0.05) is 29.1 Å².